The van der Waals surface area contributed by atoms with Crippen LogP contribution in [-0.2, 0) is 5.54 Å². The number of hydrogen-bond donors (Lipinski definition) is 3. The fourth-order valence-corrected chi connectivity index (χ4v) is 3.83. The number of carbonyl (C=O) groups excluding carboxylic acids is 1. The van der Waals surface area contributed by atoms with Crippen molar-refractivity contribution >= 4 is 28.5 Å². The quantitative estimate of drug-likeness (QED) is 0.706. The van der Waals surface area contributed by atoms with E-state index in [-0.39, 0.29) is 27.9 Å². The smallest absolute Gasteiger partial charge is 0.256 e. The van der Waals surface area contributed by atoms with Crippen molar-refractivity contribution in [1.29, 1.82) is 0 Å². The number of thioether (sulfide) groups is 1. The highest BCUT2D eigenvalue weighted by Gasteiger charge is 2.35. The van der Waals surface area contributed by atoms with Crippen LogP contribution in [-0.4, -0.2) is 35.7 Å². The molecule has 2 aromatic rings. The maximum Gasteiger partial charge on any atom is 0.256 e. The molecular formula is C19H19F2N3O3S. The Morgan fingerprint density at radius 1 is 1.39 bits per heavy atom. The molecular weight excluding hydrogens is 388 g/mol. The number of phenols is 1. The van der Waals surface area contributed by atoms with Crippen LogP contribution < -0.4 is 15.8 Å². The fourth-order valence-electron chi connectivity index (χ4n) is 2.94. The highest BCUT2D eigenvalue weighted by atomic mass is 32.2. The molecule has 6 nitrogen and oxygen atoms in total. The van der Waals surface area contributed by atoms with E-state index in [2.05, 4.69) is 10.3 Å². The van der Waals surface area contributed by atoms with Gasteiger partial charge in [-0.25, -0.2) is 13.8 Å². The van der Waals surface area contributed by atoms with Gasteiger partial charge in [0, 0.05) is 17.4 Å². The van der Waals surface area contributed by atoms with Gasteiger partial charge >= 0.3 is 0 Å². The monoisotopic (exact) mass is 407 g/mol. The van der Waals surface area contributed by atoms with Crippen LogP contribution in [0.15, 0.2) is 41.4 Å². The number of halogens is 2. The molecule has 1 amide bonds. The van der Waals surface area contributed by atoms with Crippen LogP contribution >= 0.6 is 11.8 Å². The van der Waals surface area contributed by atoms with Gasteiger partial charge in [-0.2, -0.15) is 0 Å². The molecule has 1 unspecified atom stereocenters. The minimum atomic E-state index is -1.20. The summed E-state index contributed by atoms with van der Waals surface area (Å²) >= 11 is 1.33. The number of nitrogens with two attached hydrogens (primary N) is 1. The normalized spacial score (nSPS) is 19.0. The summed E-state index contributed by atoms with van der Waals surface area (Å²) in [5.74, 6) is -0.636. The lowest BCUT2D eigenvalue weighted by Gasteiger charge is -2.31. The predicted octanol–water partition coefficient (Wildman–Crippen LogP) is 3.41. The molecule has 28 heavy (non-hydrogen) atoms. The Balaban J connectivity index is 1.93. The van der Waals surface area contributed by atoms with E-state index >= 15 is 0 Å². The van der Waals surface area contributed by atoms with Crippen molar-refractivity contribution < 1.29 is 23.4 Å². The summed E-state index contributed by atoms with van der Waals surface area (Å²) in [5, 5.41) is 12.4. The molecule has 0 saturated carbocycles. The SMILES string of the molecule is COc1cc(O)cc(C(=O)Nc2cc(C3(CF)CCSC(N)=N3)ccc2F)c1. The standard InChI is InChI=1S/C19H19F2N3O3S/c1-27-14-7-11(6-13(25)9-14)17(26)23-16-8-12(2-3-15(16)21)19(10-20)4-5-28-18(22)24-19/h2-3,6-9,25H,4-5,10H2,1H3,(H2,22,24)(H,23,26). The van der Waals surface area contributed by atoms with E-state index in [0.717, 1.165) is 6.07 Å². The average Bonchev–Trinajstić information content (AvgIpc) is 2.68. The van der Waals surface area contributed by atoms with Crippen molar-refractivity contribution in [2.75, 3.05) is 24.9 Å². The van der Waals surface area contributed by atoms with Crippen molar-refractivity contribution in [2.24, 2.45) is 10.7 Å². The first-order chi connectivity index (χ1) is 13.4. The third-order valence-corrected chi connectivity index (χ3v) is 5.25. The number of methoxy groups -OCH3 is 1. The van der Waals surface area contributed by atoms with Crippen LogP contribution in [0.1, 0.15) is 22.3 Å². The summed E-state index contributed by atoms with van der Waals surface area (Å²) in [7, 11) is 1.39. The number of carbonyl (C=O) groups is 1. The number of phenolic OH excluding ortho intramolecular Hbond substituents is 1. The van der Waals surface area contributed by atoms with Crippen LogP contribution in [0.2, 0.25) is 0 Å². The number of aliphatic imine (C=N–C) groups is 1. The second kappa shape index (κ2) is 8.05. The molecule has 3 rings (SSSR count). The molecule has 0 bridgehead atoms. The van der Waals surface area contributed by atoms with Gasteiger partial charge in [-0.3, -0.25) is 4.79 Å². The van der Waals surface area contributed by atoms with Crippen LogP contribution in [0, 0.1) is 5.82 Å². The zero-order valence-electron chi connectivity index (χ0n) is 15.0. The summed E-state index contributed by atoms with van der Waals surface area (Å²) in [6.45, 7) is -0.795. The van der Waals surface area contributed by atoms with Gasteiger partial charge in [0.2, 0.25) is 0 Å². The number of amides is 1. The molecule has 0 spiro atoms. The van der Waals surface area contributed by atoms with E-state index in [1.807, 2.05) is 0 Å². The third-order valence-electron chi connectivity index (χ3n) is 4.45. The number of nitrogens with one attached hydrogen (secondary N) is 1. The molecule has 0 radical (unpaired) electrons. The lowest BCUT2D eigenvalue weighted by atomic mass is 9.88. The van der Waals surface area contributed by atoms with Gasteiger partial charge < -0.3 is 20.9 Å². The van der Waals surface area contributed by atoms with E-state index < -0.39 is 23.9 Å². The van der Waals surface area contributed by atoms with Gasteiger partial charge in [-0.1, -0.05) is 17.8 Å². The number of hydrogen-bond acceptors (Lipinski definition) is 6. The summed E-state index contributed by atoms with van der Waals surface area (Å²) in [4.78, 5) is 16.7. The number of ether oxygens (including phenoxy) is 1. The fraction of sp³-hybridized carbons (Fsp3) is 0.263. The molecule has 2 aromatic carbocycles. The van der Waals surface area contributed by atoms with Crippen molar-refractivity contribution in [1.82, 2.24) is 0 Å². The van der Waals surface area contributed by atoms with Crippen molar-refractivity contribution in [3.8, 4) is 11.5 Å². The minimum Gasteiger partial charge on any atom is -0.508 e. The maximum atomic E-state index is 14.3. The summed E-state index contributed by atoms with van der Waals surface area (Å²) in [6.07, 6.45) is 0.400. The molecule has 1 heterocycles. The zero-order valence-corrected chi connectivity index (χ0v) is 15.9. The second-order valence-electron chi connectivity index (χ2n) is 6.28. The van der Waals surface area contributed by atoms with E-state index in [1.165, 1.54) is 49.2 Å². The van der Waals surface area contributed by atoms with Crippen LogP contribution in [0.4, 0.5) is 14.5 Å². The zero-order chi connectivity index (χ0) is 20.3. The van der Waals surface area contributed by atoms with Gasteiger partial charge in [0.25, 0.3) is 5.91 Å². The van der Waals surface area contributed by atoms with Crippen molar-refractivity contribution in [3.63, 3.8) is 0 Å². The van der Waals surface area contributed by atoms with Gasteiger partial charge in [0.1, 0.15) is 29.5 Å². The lowest BCUT2D eigenvalue weighted by Crippen LogP contribution is -2.34. The molecule has 4 N–H and O–H groups in total. The van der Waals surface area contributed by atoms with Crippen LogP contribution in [0.25, 0.3) is 0 Å². The number of amidine groups is 1. The summed E-state index contributed by atoms with van der Waals surface area (Å²) < 4.78 is 33.2. The molecule has 1 aliphatic rings. The molecule has 1 aliphatic heterocycles. The molecule has 0 saturated heterocycles. The number of aromatic hydroxyl groups is 1. The highest BCUT2D eigenvalue weighted by Crippen LogP contribution is 2.37. The Bertz CT molecular complexity index is 939. The number of anilines is 1. The Morgan fingerprint density at radius 2 is 2.18 bits per heavy atom. The Labute approximate surface area is 164 Å². The molecule has 148 valence electrons. The van der Waals surface area contributed by atoms with E-state index in [1.54, 1.807) is 0 Å². The minimum absolute atomic E-state index is 0.0817. The van der Waals surface area contributed by atoms with Crippen molar-refractivity contribution in [2.45, 2.75) is 12.0 Å². The molecule has 1 atom stereocenters. The van der Waals surface area contributed by atoms with Gasteiger partial charge in [-0.15, -0.1) is 0 Å². The first-order valence-electron chi connectivity index (χ1n) is 8.40. The predicted molar refractivity (Wildman–Crippen MR) is 105 cm³/mol. The third kappa shape index (κ3) is 4.04. The van der Waals surface area contributed by atoms with E-state index in [0.29, 0.717) is 17.7 Å². The van der Waals surface area contributed by atoms with Gasteiger partial charge in [0.15, 0.2) is 5.17 Å². The number of nitrogens with zero attached hydrogens (tertiary/aromatic N) is 1. The second-order valence-corrected chi connectivity index (χ2v) is 7.40. The lowest BCUT2D eigenvalue weighted by molar-refractivity contribution is 0.102. The first kappa shape index (κ1) is 19.9. The summed E-state index contributed by atoms with van der Waals surface area (Å²) in [5.41, 5.74) is 4.94. The maximum absolute atomic E-state index is 14.3. The number of benzene rings is 2. The average molecular weight is 407 g/mol. The van der Waals surface area contributed by atoms with Crippen LogP contribution in [0.3, 0.4) is 0 Å². The molecule has 0 fully saturated rings. The Hall–Kier alpha value is -2.81. The summed E-state index contributed by atoms with van der Waals surface area (Å²) in [6, 6.07) is 7.93. The number of alkyl halides is 1. The Morgan fingerprint density at radius 3 is 2.86 bits per heavy atom. The van der Waals surface area contributed by atoms with E-state index in [9.17, 15) is 18.7 Å². The topological polar surface area (TPSA) is 96.9 Å². The van der Waals surface area contributed by atoms with Gasteiger partial charge in [-0.05, 0) is 36.2 Å². The van der Waals surface area contributed by atoms with E-state index in [4.69, 9.17) is 10.5 Å². The highest BCUT2D eigenvalue weighted by molar-refractivity contribution is 8.13. The van der Waals surface area contributed by atoms with Gasteiger partial charge in [0.05, 0.1) is 12.8 Å². The molecule has 9 heteroatoms. The van der Waals surface area contributed by atoms with Crippen LogP contribution in [0.5, 0.6) is 11.5 Å². The first-order valence-corrected chi connectivity index (χ1v) is 9.39. The largest absolute Gasteiger partial charge is 0.508 e. The number of rotatable bonds is 5. The molecule has 0 aliphatic carbocycles. The Kier molecular flexibility index (Phi) is 5.73. The van der Waals surface area contributed by atoms with Crippen molar-refractivity contribution in [3.05, 3.63) is 53.3 Å². The molecule has 0 aromatic heterocycles.